The van der Waals surface area contributed by atoms with E-state index in [9.17, 15) is 15.0 Å². The minimum absolute atomic E-state index is 0.000560. The van der Waals surface area contributed by atoms with E-state index in [0.717, 1.165) is 0 Å². The van der Waals surface area contributed by atoms with Crippen molar-refractivity contribution in [3.8, 4) is 0 Å². The minimum Gasteiger partial charge on any atom is -0.444 e. The molecule has 6 nitrogen and oxygen atoms in total. The number of hydrogen-bond acceptors (Lipinski definition) is 5. The van der Waals surface area contributed by atoms with Gasteiger partial charge in [-0.1, -0.05) is 20.8 Å². The Bertz CT molecular complexity index is 438. The minimum atomic E-state index is -2.10. The zero-order chi connectivity index (χ0) is 20.3. The smallest absolute Gasteiger partial charge is 0.408 e. The zero-order valence-corrected chi connectivity index (χ0v) is 18.7. The summed E-state index contributed by atoms with van der Waals surface area (Å²) in [4.78, 5) is 12.2. The van der Waals surface area contributed by atoms with Crippen molar-refractivity contribution in [3.63, 3.8) is 0 Å². The first-order valence-electron chi connectivity index (χ1n) is 8.93. The Balaban J connectivity index is 5.42. The van der Waals surface area contributed by atoms with Gasteiger partial charge >= 0.3 is 6.09 Å². The third-order valence-corrected chi connectivity index (χ3v) is 9.29. The van der Waals surface area contributed by atoms with Crippen molar-refractivity contribution in [2.45, 2.75) is 103 Å². The summed E-state index contributed by atoms with van der Waals surface area (Å²) in [5.74, 6) is 0. The molecular formula is C18H39NO5Si. The molecule has 0 aliphatic rings. The van der Waals surface area contributed by atoms with Gasteiger partial charge in [0, 0.05) is 13.0 Å². The Labute approximate surface area is 154 Å². The van der Waals surface area contributed by atoms with Gasteiger partial charge in [-0.15, -0.1) is 0 Å². The molecule has 0 saturated heterocycles. The normalized spacial score (nSPS) is 18.2. The van der Waals surface area contributed by atoms with E-state index in [1.165, 1.54) is 0 Å². The largest absolute Gasteiger partial charge is 0.444 e. The third kappa shape index (κ3) is 8.07. The molecule has 3 atom stereocenters. The number of aliphatic hydroxyl groups is 2. The van der Waals surface area contributed by atoms with Gasteiger partial charge in [-0.3, -0.25) is 0 Å². The number of rotatable bonds is 7. The molecule has 3 N–H and O–H groups in total. The van der Waals surface area contributed by atoms with E-state index >= 15 is 0 Å². The first-order chi connectivity index (χ1) is 10.9. The van der Waals surface area contributed by atoms with Crippen molar-refractivity contribution >= 4 is 14.4 Å². The lowest BCUT2D eigenvalue weighted by molar-refractivity contribution is -0.0428. The highest BCUT2D eigenvalue weighted by molar-refractivity contribution is 6.74. The highest BCUT2D eigenvalue weighted by Crippen LogP contribution is 2.38. The van der Waals surface area contributed by atoms with Gasteiger partial charge in [0.05, 0.1) is 17.7 Å². The molecule has 0 aliphatic carbocycles. The molecule has 1 amide bonds. The van der Waals surface area contributed by atoms with Crippen LogP contribution in [-0.4, -0.2) is 54.6 Å². The lowest BCUT2D eigenvalue weighted by Gasteiger charge is -2.43. The van der Waals surface area contributed by atoms with Gasteiger partial charge in [-0.2, -0.15) is 0 Å². The number of amides is 1. The Morgan fingerprint density at radius 3 is 1.96 bits per heavy atom. The van der Waals surface area contributed by atoms with Crippen LogP contribution in [-0.2, 0) is 9.16 Å². The summed E-state index contributed by atoms with van der Waals surface area (Å²) in [5, 5.41) is 22.8. The van der Waals surface area contributed by atoms with Gasteiger partial charge in [-0.25, -0.2) is 4.79 Å². The molecule has 0 radical (unpaired) electrons. The van der Waals surface area contributed by atoms with Crippen LogP contribution in [0, 0.1) is 0 Å². The van der Waals surface area contributed by atoms with Crippen molar-refractivity contribution in [1.82, 2.24) is 5.32 Å². The molecule has 0 rings (SSSR count). The van der Waals surface area contributed by atoms with Gasteiger partial charge in [0.15, 0.2) is 8.32 Å². The molecule has 0 saturated carbocycles. The van der Waals surface area contributed by atoms with Crippen LogP contribution >= 0.6 is 0 Å². The first-order valence-corrected chi connectivity index (χ1v) is 11.8. The van der Waals surface area contributed by atoms with E-state index in [-0.39, 0.29) is 18.1 Å². The van der Waals surface area contributed by atoms with Crippen LogP contribution in [0.5, 0.6) is 0 Å². The third-order valence-electron chi connectivity index (χ3n) is 4.72. The molecule has 7 heteroatoms. The van der Waals surface area contributed by atoms with Crippen LogP contribution in [0.15, 0.2) is 0 Å². The Kier molecular flexibility index (Phi) is 8.16. The average molecular weight is 378 g/mol. The summed E-state index contributed by atoms with van der Waals surface area (Å²) in [7, 11) is -2.10. The summed E-state index contributed by atoms with van der Waals surface area (Å²) in [6.45, 7) is 19.2. The molecule has 25 heavy (non-hydrogen) atoms. The fourth-order valence-corrected chi connectivity index (χ4v) is 3.72. The Hall–Kier alpha value is -0.633. The van der Waals surface area contributed by atoms with Crippen LogP contribution in [0.1, 0.15) is 61.8 Å². The predicted octanol–water partition coefficient (Wildman–Crippen LogP) is 3.42. The molecule has 0 aromatic carbocycles. The van der Waals surface area contributed by atoms with Crippen molar-refractivity contribution < 1.29 is 24.2 Å². The highest BCUT2D eigenvalue weighted by Gasteiger charge is 2.44. The first kappa shape index (κ1) is 24.4. The number of ether oxygens (including phenoxy) is 1. The Morgan fingerprint density at radius 1 is 1.12 bits per heavy atom. The second kappa shape index (κ2) is 8.37. The maximum Gasteiger partial charge on any atom is 0.408 e. The zero-order valence-electron chi connectivity index (χ0n) is 17.7. The summed E-state index contributed by atoms with van der Waals surface area (Å²) in [6, 6.07) is -0.705. The fraction of sp³-hybridized carbons (Fsp3) is 0.944. The van der Waals surface area contributed by atoms with Crippen LogP contribution in [0.25, 0.3) is 0 Å². The number of alkyl carbamates (subject to hydrolysis) is 1. The fourth-order valence-electron chi connectivity index (χ4n) is 2.30. The lowest BCUT2D eigenvalue weighted by atomic mass is 9.89. The monoisotopic (exact) mass is 377 g/mol. The number of carbonyl (C=O) groups excluding carboxylic acids is 1. The number of nitrogens with one attached hydrogen (secondary N) is 1. The molecule has 0 bridgehead atoms. The summed E-state index contributed by atoms with van der Waals surface area (Å²) >= 11 is 0. The second-order valence-electron chi connectivity index (χ2n) is 9.54. The van der Waals surface area contributed by atoms with E-state index in [1.807, 2.05) is 6.92 Å². The summed E-state index contributed by atoms with van der Waals surface area (Å²) in [5.41, 5.74) is -1.96. The second-order valence-corrected chi connectivity index (χ2v) is 14.3. The summed E-state index contributed by atoms with van der Waals surface area (Å²) < 4.78 is 11.7. The molecule has 150 valence electrons. The summed E-state index contributed by atoms with van der Waals surface area (Å²) in [6.07, 6.45) is -0.921. The van der Waals surface area contributed by atoms with E-state index in [1.54, 1.807) is 27.7 Å². The van der Waals surface area contributed by atoms with E-state index in [2.05, 4.69) is 39.2 Å². The molecule has 0 spiro atoms. The van der Waals surface area contributed by atoms with Gasteiger partial charge in [-0.05, 0) is 52.8 Å². The van der Waals surface area contributed by atoms with E-state index in [4.69, 9.17) is 9.16 Å². The maximum absolute atomic E-state index is 12.2. The topological polar surface area (TPSA) is 88.0 Å². The molecule has 0 aliphatic heterocycles. The molecule has 0 aromatic heterocycles. The van der Waals surface area contributed by atoms with Gasteiger partial charge < -0.3 is 24.7 Å². The van der Waals surface area contributed by atoms with Crippen molar-refractivity contribution in [3.05, 3.63) is 0 Å². The van der Waals surface area contributed by atoms with Crippen LogP contribution in [0.2, 0.25) is 18.1 Å². The van der Waals surface area contributed by atoms with Crippen LogP contribution in [0.4, 0.5) is 4.79 Å². The Morgan fingerprint density at radius 2 is 1.60 bits per heavy atom. The molecule has 0 fully saturated rings. The van der Waals surface area contributed by atoms with Gasteiger partial charge in [0.2, 0.25) is 0 Å². The molecule has 0 heterocycles. The standard InChI is InChI=1S/C18H39NO5Si/c1-13(24-25(9,10)17(5,6)7)14(18(8,22)11-12-20)19-15(21)23-16(2,3)4/h13-14,20,22H,11-12H2,1-10H3,(H,19,21)/t13-,14+,18-/m0/s1. The SMILES string of the molecule is C[C@H](O[Si](C)(C)C(C)(C)C)[C@@H](NC(=O)OC(C)(C)C)[C@@](C)(O)CCO. The average Bonchev–Trinajstić information content (AvgIpc) is 2.31. The van der Waals surface area contributed by atoms with Crippen molar-refractivity contribution in [2.75, 3.05) is 6.61 Å². The van der Waals surface area contributed by atoms with Crippen LogP contribution in [0.3, 0.4) is 0 Å². The maximum atomic E-state index is 12.2. The number of carbonyl (C=O) groups is 1. The van der Waals surface area contributed by atoms with Crippen molar-refractivity contribution in [2.24, 2.45) is 0 Å². The number of hydrogen-bond donors (Lipinski definition) is 3. The molecule has 0 aromatic rings. The van der Waals surface area contributed by atoms with Gasteiger partial charge in [0.1, 0.15) is 5.60 Å². The van der Waals surface area contributed by atoms with Crippen LogP contribution < -0.4 is 5.32 Å². The quantitative estimate of drug-likeness (QED) is 0.592. The van der Waals surface area contributed by atoms with E-state index < -0.39 is 37.8 Å². The molecule has 0 unspecified atom stereocenters. The highest BCUT2D eigenvalue weighted by atomic mass is 28.4. The lowest BCUT2D eigenvalue weighted by Crippen LogP contribution is -2.60. The van der Waals surface area contributed by atoms with Gasteiger partial charge in [0.25, 0.3) is 0 Å². The molecular weight excluding hydrogens is 338 g/mol. The van der Waals surface area contributed by atoms with E-state index in [0.29, 0.717) is 0 Å². The van der Waals surface area contributed by atoms with Crippen molar-refractivity contribution in [1.29, 1.82) is 0 Å². The predicted molar refractivity (Wildman–Crippen MR) is 103 cm³/mol. The number of aliphatic hydroxyl groups excluding tert-OH is 1.